The minimum atomic E-state index is 0.401. The normalized spacial score (nSPS) is 15.7. The highest BCUT2D eigenvalue weighted by Crippen LogP contribution is 2.26. The number of nitrogens with one attached hydrogen (secondary N) is 1. The molecule has 2 heterocycles. The van der Waals surface area contributed by atoms with E-state index < -0.39 is 0 Å². The first-order valence-corrected chi connectivity index (χ1v) is 10.2. The average molecular weight is 426 g/mol. The van der Waals surface area contributed by atoms with E-state index in [-0.39, 0.29) is 0 Å². The molecule has 3 rings (SSSR count). The number of rotatable bonds is 6. The van der Waals surface area contributed by atoms with Crippen LogP contribution in [0.25, 0.3) is 0 Å². The van der Waals surface area contributed by atoms with Gasteiger partial charge in [0.25, 0.3) is 0 Å². The molecule has 1 N–H and O–H groups in total. The predicted octanol–water partition coefficient (Wildman–Crippen LogP) is 3.94. The maximum Gasteiger partial charge on any atom is 0.223 e. The summed E-state index contributed by atoms with van der Waals surface area (Å²) in [6.07, 6.45) is 2.06. The van der Waals surface area contributed by atoms with Crippen LogP contribution in [0, 0.1) is 12.8 Å². The van der Waals surface area contributed by atoms with E-state index in [0.717, 1.165) is 38.4 Å². The third-order valence-corrected chi connectivity index (χ3v) is 4.95. The number of likely N-dealkylation sites (tertiary alicyclic amines) is 1. The first kappa shape index (κ1) is 20.7. The van der Waals surface area contributed by atoms with Crippen LogP contribution >= 0.6 is 23.2 Å². The number of ether oxygens (including phenoxy) is 1. The van der Waals surface area contributed by atoms with E-state index in [1.807, 2.05) is 0 Å². The maximum absolute atomic E-state index is 6.02. The number of guanidine groups is 1. The van der Waals surface area contributed by atoms with Crippen molar-refractivity contribution in [2.24, 2.45) is 10.9 Å². The summed E-state index contributed by atoms with van der Waals surface area (Å²) < 4.78 is 10.9. The molecule has 152 valence electrons. The van der Waals surface area contributed by atoms with E-state index >= 15 is 0 Å². The van der Waals surface area contributed by atoms with Gasteiger partial charge < -0.3 is 19.5 Å². The quantitative estimate of drug-likeness (QED) is 0.557. The van der Waals surface area contributed by atoms with Crippen LogP contribution in [-0.4, -0.2) is 47.2 Å². The van der Waals surface area contributed by atoms with Gasteiger partial charge in [0.1, 0.15) is 12.3 Å². The number of halogens is 2. The van der Waals surface area contributed by atoms with Gasteiger partial charge in [0, 0.05) is 36.6 Å². The predicted molar refractivity (Wildman–Crippen MR) is 110 cm³/mol. The highest BCUT2D eigenvalue weighted by molar-refractivity contribution is 6.34. The van der Waals surface area contributed by atoms with Crippen LogP contribution in [0.1, 0.15) is 31.5 Å². The van der Waals surface area contributed by atoms with Gasteiger partial charge in [0.2, 0.25) is 5.89 Å². The van der Waals surface area contributed by atoms with E-state index in [9.17, 15) is 0 Å². The van der Waals surface area contributed by atoms with Gasteiger partial charge in [0.15, 0.2) is 11.8 Å². The molecule has 9 heteroatoms. The molecule has 1 saturated heterocycles. The third kappa shape index (κ3) is 6.01. The van der Waals surface area contributed by atoms with Crippen molar-refractivity contribution in [1.29, 1.82) is 0 Å². The Labute approximate surface area is 175 Å². The van der Waals surface area contributed by atoms with E-state index in [1.165, 1.54) is 0 Å². The minimum absolute atomic E-state index is 0.401. The van der Waals surface area contributed by atoms with Crippen LogP contribution in [0.4, 0.5) is 0 Å². The van der Waals surface area contributed by atoms with Crippen molar-refractivity contribution in [3.8, 4) is 5.75 Å². The van der Waals surface area contributed by atoms with Gasteiger partial charge in [0.05, 0.1) is 6.61 Å². The fraction of sp³-hybridized carbons (Fsp3) is 0.526. The second-order valence-electron chi connectivity index (χ2n) is 6.75. The summed E-state index contributed by atoms with van der Waals surface area (Å²) >= 11 is 12.0. The molecule has 0 saturated carbocycles. The number of hydrogen-bond donors (Lipinski definition) is 1. The second-order valence-corrected chi connectivity index (χ2v) is 7.62. The van der Waals surface area contributed by atoms with Crippen LogP contribution in [0.2, 0.25) is 10.0 Å². The van der Waals surface area contributed by atoms with Crippen LogP contribution in [0.3, 0.4) is 0 Å². The Morgan fingerprint density at radius 1 is 1.29 bits per heavy atom. The summed E-state index contributed by atoms with van der Waals surface area (Å²) in [4.78, 5) is 11.1. The smallest absolute Gasteiger partial charge is 0.223 e. The molecule has 0 unspecified atom stereocenters. The van der Waals surface area contributed by atoms with Crippen LogP contribution in [-0.2, 0) is 6.54 Å². The van der Waals surface area contributed by atoms with Crippen molar-refractivity contribution in [3.63, 3.8) is 0 Å². The van der Waals surface area contributed by atoms with E-state index in [4.69, 9.17) is 32.5 Å². The van der Waals surface area contributed by atoms with E-state index in [2.05, 4.69) is 32.3 Å². The lowest BCUT2D eigenvalue weighted by Gasteiger charge is -2.34. The highest BCUT2D eigenvalue weighted by Gasteiger charge is 2.22. The number of hydrogen-bond acceptors (Lipinski definition) is 5. The van der Waals surface area contributed by atoms with Crippen molar-refractivity contribution >= 4 is 29.2 Å². The molecule has 7 nitrogen and oxygen atoms in total. The van der Waals surface area contributed by atoms with Gasteiger partial charge in [-0.3, -0.25) is 0 Å². The van der Waals surface area contributed by atoms with Gasteiger partial charge in [-0.05, 0) is 43.9 Å². The van der Waals surface area contributed by atoms with Gasteiger partial charge in [-0.2, -0.15) is 4.98 Å². The van der Waals surface area contributed by atoms with Crippen LogP contribution in [0.15, 0.2) is 27.7 Å². The van der Waals surface area contributed by atoms with Crippen molar-refractivity contribution in [2.75, 3.05) is 26.2 Å². The molecular formula is C19H25Cl2N5O2. The van der Waals surface area contributed by atoms with E-state index in [0.29, 0.717) is 46.6 Å². The zero-order valence-corrected chi connectivity index (χ0v) is 17.6. The number of aliphatic imine (C=N–C) groups is 1. The number of benzene rings is 1. The molecule has 0 aliphatic carbocycles. The van der Waals surface area contributed by atoms with Gasteiger partial charge >= 0.3 is 0 Å². The molecule has 0 amide bonds. The Balaban J connectivity index is 1.50. The van der Waals surface area contributed by atoms with Crippen molar-refractivity contribution in [1.82, 2.24) is 20.4 Å². The number of aromatic nitrogens is 2. The standard InChI is InChI=1S/C19H25Cl2N5O2/c1-3-22-19(23-11-18-24-13(2)28-25-18)26-6-4-14(5-7-26)12-27-17-9-15(20)8-16(21)10-17/h8-10,14H,3-7,11-12H2,1-2H3,(H,22,23). The van der Waals surface area contributed by atoms with Crippen molar-refractivity contribution in [3.05, 3.63) is 40.0 Å². The molecular weight excluding hydrogens is 401 g/mol. The monoisotopic (exact) mass is 425 g/mol. The van der Waals surface area contributed by atoms with Crippen LogP contribution in [0.5, 0.6) is 5.75 Å². The lowest BCUT2D eigenvalue weighted by molar-refractivity contribution is 0.179. The highest BCUT2D eigenvalue weighted by atomic mass is 35.5. The topological polar surface area (TPSA) is 75.8 Å². The molecule has 28 heavy (non-hydrogen) atoms. The number of nitrogens with zero attached hydrogens (tertiary/aromatic N) is 4. The minimum Gasteiger partial charge on any atom is -0.493 e. The first-order valence-electron chi connectivity index (χ1n) is 9.45. The second kappa shape index (κ2) is 9.98. The molecule has 0 atom stereocenters. The maximum atomic E-state index is 6.02. The van der Waals surface area contributed by atoms with Crippen LogP contribution < -0.4 is 10.1 Å². The summed E-state index contributed by atoms with van der Waals surface area (Å²) in [5.41, 5.74) is 0. The summed E-state index contributed by atoms with van der Waals surface area (Å²) in [7, 11) is 0. The summed E-state index contributed by atoms with van der Waals surface area (Å²) in [5, 5.41) is 8.41. The summed E-state index contributed by atoms with van der Waals surface area (Å²) in [5.74, 6) is 3.22. The fourth-order valence-corrected chi connectivity index (χ4v) is 3.62. The molecule has 0 bridgehead atoms. The van der Waals surface area contributed by atoms with Gasteiger partial charge in [-0.25, -0.2) is 4.99 Å². The largest absolute Gasteiger partial charge is 0.493 e. The lowest BCUT2D eigenvalue weighted by atomic mass is 9.98. The van der Waals surface area contributed by atoms with Crippen molar-refractivity contribution < 1.29 is 9.26 Å². The molecule has 1 aliphatic rings. The molecule has 1 aromatic carbocycles. The zero-order chi connectivity index (χ0) is 19.9. The van der Waals surface area contributed by atoms with E-state index in [1.54, 1.807) is 25.1 Å². The molecule has 1 fully saturated rings. The van der Waals surface area contributed by atoms with Gasteiger partial charge in [-0.1, -0.05) is 28.4 Å². The first-order chi connectivity index (χ1) is 13.5. The molecule has 1 aliphatic heterocycles. The zero-order valence-electron chi connectivity index (χ0n) is 16.1. The summed E-state index contributed by atoms with van der Waals surface area (Å²) in [6, 6.07) is 5.28. The Bertz CT molecular complexity index is 783. The SMILES string of the molecule is CCNC(=NCc1noc(C)n1)N1CCC(COc2cc(Cl)cc(Cl)c2)CC1. The number of piperidine rings is 1. The fourth-order valence-electron chi connectivity index (χ4n) is 3.11. The Morgan fingerprint density at radius 2 is 2.00 bits per heavy atom. The summed E-state index contributed by atoms with van der Waals surface area (Å²) in [6.45, 7) is 7.53. The molecule has 0 spiro atoms. The van der Waals surface area contributed by atoms with Crippen molar-refractivity contribution in [2.45, 2.75) is 33.2 Å². The molecule has 2 aromatic rings. The lowest BCUT2D eigenvalue weighted by Crippen LogP contribution is -2.46. The van der Waals surface area contributed by atoms with Gasteiger partial charge in [-0.15, -0.1) is 0 Å². The third-order valence-electron chi connectivity index (χ3n) is 4.51. The Hall–Kier alpha value is -1.99. The molecule has 1 aromatic heterocycles. The number of aryl methyl sites for hydroxylation is 1. The molecule has 0 radical (unpaired) electrons. The Kier molecular flexibility index (Phi) is 7.39. The Morgan fingerprint density at radius 3 is 2.61 bits per heavy atom. The average Bonchev–Trinajstić information content (AvgIpc) is 3.08.